The first-order chi connectivity index (χ1) is 14.2. The fourth-order valence-corrected chi connectivity index (χ4v) is 5.61. The van der Waals surface area contributed by atoms with E-state index in [1.54, 1.807) is 0 Å². The summed E-state index contributed by atoms with van der Waals surface area (Å²) >= 11 is 7.03. The van der Waals surface area contributed by atoms with Gasteiger partial charge in [-0.3, -0.25) is 4.90 Å². The first-order valence-electron chi connectivity index (χ1n) is 10.1. The van der Waals surface area contributed by atoms with Crippen LogP contribution in [0, 0.1) is 0 Å². The maximum Gasteiger partial charge on any atom is 0.335 e. The summed E-state index contributed by atoms with van der Waals surface area (Å²) in [4.78, 5) is 13.7. The van der Waals surface area contributed by atoms with Crippen LogP contribution in [0.3, 0.4) is 0 Å². The van der Waals surface area contributed by atoms with E-state index in [1.165, 1.54) is 19.3 Å². The molecule has 1 heterocycles. The molecule has 5 N–H and O–H groups in total. The first kappa shape index (κ1) is 23.9. The van der Waals surface area contributed by atoms with E-state index in [4.69, 9.17) is 4.74 Å². The number of aliphatic hydroxyl groups is 3. The first-order valence-corrected chi connectivity index (χ1v) is 11.6. The number of benzene rings is 1. The molecule has 1 saturated carbocycles. The normalized spacial score (nSPS) is 30.4. The third-order valence-electron chi connectivity index (χ3n) is 5.90. The van der Waals surface area contributed by atoms with Crippen molar-refractivity contribution in [3.8, 4) is 0 Å². The number of ether oxygens (including phenoxy) is 1. The van der Waals surface area contributed by atoms with Crippen molar-refractivity contribution >= 4 is 43.5 Å². The predicted molar refractivity (Wildman–Crippen MR) is 118 cm³/mol. The molecule has 3 rings (SSSR count). The minimum Gasteiger partial charge on any atom is -0.479 e. The van der Waals surface area contributed by atoms with Gasteiger partial charge in [-0.2, -0.15) is 0 Å². The Morgan fingerprint density at radius 1 is 1.13 bits per heavy atom. The van der Waals surface area contributed by atoms with Crippen molar-refractivity contribution in [1.29, 1.82) is 0 Å². The molecule has 0 amide bonds. The maximum absolute atomic E-state index is 11.4. The number of hydrogen-bond donors (Lipinski definition) is 5. The molecule has 5 atom stereocenters. The molecule has 168 valence electrons. The van der Waals surface area contributed by atoms with Gasteiger partial charge in [-0.05, 0) is 53.5 Å². The molecule has 1 aromatic rings. The number of rotatable bonds is 6. The highest BCUT2D eigenvalue weighted by molar-refractivity contribution is 9.11. The third-order valence-corrected chi connectivity index (χ3v) is 6.98. The molecule has 10 heteroatoms. The lowest BCUT2D eigenvalue weighted by Gasteiger charge is -2.40. The van der Waals surface area contributed by atoms with Crippen LogP contribution >= 0.6 is 31.9 Å². The van der Waals surface area contributed by atoms with Gasteiger partial charge in [-0.1, -0.05) is 35.2 Å². The van der Waals surface area contributed by atoms with Gasteiger partial charge in [0.15, 0.2) is 12.3 Å². The quantitative estimate of drug-likeness (QED) is 0.365. The number of carboxylic acids is 1. The predicted octanol–water partition coefficient (Wildman–Crippen LogP) is 2.28. The molecule has 1 aromatic carbocycles. The Labute approximate surface area is 192 Å². The fraction of sp³-hybridized carbons (Fsp3) is 0.650. The van der Waals surface area contributed by atoms with Crippen LogP contribution in [0.25, 0.3) is 0 Å². The molecular weight excluding hydrogens is 524 g/mol. The molecule has 0 aromatic heterocycles. The number of hydrogen-bond acceptors (Lipinski definition) is 7. The van der Waals surface area contributed by atoms with Gasteiger partial charge in [-0.25, -0.2) is 4.79 Å². The van der Waals surface area contributed by atoms with Crippen molar-refractivity contribution in [2.45, 2.75) is 75.3 Å². The highest BCUT2D eigenvalue weighted by Gasteiger charge is 2.47. The van der Waals surface area contributed by atoms with Crippen LogP contribution in [-0.2, 0) is 16.1 Å². The Hall–Kier alpha value is -0.750. The Kier molecular flexibility index (Phi) is 8.16. The number of nitrogens with one attached hydrogen (secondary N) is 1. The van der Waals surface area contributed by atoms with Crippen LogP contribution in [-0.4, -0.2) is 75.0 Å². The lowest BCUT2D eigenvalue weighted by molar-refractivity contribution is -0.221. The molecule has 1 aliphatic heterocycles. The summed E-state index contributed by atoms with van der Waals surface area (Å²) in [6, 6.07) is 4.29. The largest absolute Gasteiger partial charge is 0.479 e. The fourth-order valence-electron chi connectivity index (χ4n) is 4.18. The number of anilines is 1. The summed E-state index contributed by atoms with van der Waals surface area (Å²) in [5.74, 6) is -1.41. The second-order valence-corrected chi connectivity index (χ2v) is 9.83. The van der Waals surface area contributed by atoms with Crippen molar-refractivity contribution in [3.05, 3.63) is 26.6 Å². The molecule has 8 nitrogen and oxygen atoms in total. The summed E-state index contributed by atoms with van der Waals surface area (Å²) in [6.07, 6.45) is -1.70. The lowest BCUT2D eigenvalue weighted by Crippen LogP contribution is -2.61. The molecule has 1 saturated heterocycles. The van der Waals surface area contributed by atoms with Crippen molar-refractivity contribution in [3.63, 3.8) is 0 Å². The SMILES string of the molecule is CN(Cc1cc(Br)cc(Br)c1NC1OC(C(=O)O)C(O)C(O)C1O)C1CCCCC1. The minimum absolute atomic E-state index is 0.495. The van der Waals surface area contributed by atoms with Gasteiger partial charge in [0.05, 0.1) is 5.69 Å². The zero-order valence-electron chi connectivity index (χ0n) is 16.7. The Balaban J connectivity index is 1.83. The Morgan fingerprint density at radius 2 is 1.80 bits per heavy atom. The number of aliphatic carboxylic acids is 1. The van der Waals surface area contributed by atoms with Gasteiger partial charge < -0.3 is 30.5 Å². The van der Waals surface area contributed by atoms with E-state index in [0.717, 1.165) is 22.9 Å². The van der Waals surface area contributed by atoms with Gasteiger partial charge in [0, 0.05) is 21.5 Å². The van der Waals surface area contributed by atoms with E-state index < -0.39 is 36.6 Å². The van der Waals surface area contributed by atoms with E-state index in [2.05, 4.69) is 49.1 Å². The average molecular weight is 552 g/mol. The number of halogens is 2. The molecule has 30 heavy (non-hydrogen) atoms. The summed E-state index contributed by atoms with van der Waals surface area (Å²) in [5, 5.41) is 42.7. The standard InChI is InChI=1S/C20H28Br2N2O6/c1-24(12-5-3-2-4-6-12)9-10-7-11(21)8-13(22)14(10)23-19-17(27)15(25)16(26)18(30-19)20(28)29/h7-8,12,15-19,23,25-27H,2-6,9H2,1H3,(H,28,29). The molecule has 2 aliphatic rings. The summed E-state index contributed by atoms with van der Waals surface area (Å²) in [6.45, 7) is 0.640. The highest BCUT2D eigenvalue weighted by Crippen LogP contribution is 2.35. The number of nitrogens with zero attached hydrogens (tertiary/aromatic N) is 1. The van der Waals surface area contributed by atoms with E-state index in [-0.39, 0.29) is 0 Å². The van der Waals surface area contributed by atoms with Crippen LogP contribution in [0.5, 0.6) is 0 Å². The second-order valence-electron chi connectivity index (χ2n) is 8.06. The van der Waals surface area contributed by atoms with Gasteiger partial charge in [0.1, 0.15) is 18.3 Å². The lowest BCUT2D eigenvalue weighted by atomic mass is 9.94. The molecule has 5 unspecified atom stereocenters. The van der Waals surface area contributed by atoms with E-state index in [1.807, 2.05) is 12.1 Å². The van der Waals surface area contributed by atoms with Gasteiger partial charge in [-0.15, -0.1) is 0 Å². The van der Waals surface area contributed by atoms with Gasteiger partial charge >= 0.3 is 5.97 Å². The van der Waals surface area contributed by atoms with E-state index in [9.17, 15) is 25.2 Å². The summed E-state index contributed by atoms with van der Waals surface area (Å²) in [7, 11) is 2.08. The second kappa shape index (κ2) is 10.2. The Morgan fingerprint density at radius 3 is 2.43 bits per heavy atom. The zero-order chi connectivity index (χ0) is 22.0. The summed E-state index contributed by atoms with van der Waals surface area (Å²) < 4.78 is 6.96. The molecule has 0 bridgehead atoms. The monoisotopic (exact) mass is 550 g/mol. The molecular formula is C20H28Br2N2O6. The number of carbonyl (C=O) groups is 1. The summed E-state index contributed by atoms with van der Waals surface area (Å²) in [5.41, 5.74) is 1.56. The van der Waals surface area contributed by atoms with Gasteiger partial charge in [0.25, 0.3) is 0 Å². The highest BCUT2D eigenvalue weighted by atomic mass is 79.9. The number of carboxylic acid groups (broad SMARTS) is 1. The van der Waals surface area contributed by atoms with Crippen molar-refractivity contribution in [2.75, 3.05) is 12.4 Å². The number of aliphatic hydroxyl groups excluding tert-OH is 3. The van der Waals surface area contributed by atoms with E-state index >= 15 is 0 Å². The van der Waals surface area contributed by atoms with Crippen LogP contribution in [0.4, 0.5) is 5.69 Å². The van der Waals surface area contributed by atoms with Crippen molar-refractivity contribution in [2.24, 2.45) is 0 Å². The topological polar surface area (TPSA) is 122 Å². The van der Waals surface area contributed by atoms with E-state index in [0.29, 0.717) is 22.7 Å². The van der Waals surface area contributed by atoms with Crippen LogP contribution in [0.1, 0.15) is 37.7 Å². The third kappa shape index (κ3) is 5.35. The molecule has 1 aliphatic carbocycles. The van der Waals surface area contributed by atoms with Gasteiger partial charge in [0.2, 0.25) is 0 Å². The average Bonchev–Trinajstić information content (AvgIpc) is 2.70. The van der Waals surface area contributed by atoms with Crippen LogP contribution in [0.2, 0.25) is 0 Å². The Bertz CT molecular complexity index is 761. The van der Waals surface area contributed by atoms with Crippen molar-refractivity contribution < 1.29 is 30.0 Å². The van der Waals surface area contributed by atoms with Crippen LogP contribution < -0.4 is 5.32 Å². The minimum atomic E-state index is -1.72. The zero-order valence-corrected chi connectivity index (χ0v) is 19.8. The molecule has 0 radical (unpaired) electrons. The molecule has 2 fully saturated rings. The molecule has 0 spiro atoms. The van der Waals surface area contributed by atoms with Crippen LogP contribution in [0.15, 0.2) is 21.1 Å². The van der Waals surface area contributed by atoms with Crippen molar-refractivity contribution in [1.82, 2.24) is 4.90 Å². The maximum atomic E-state index is 11.4. The smallest absolute Gasteiger partial charge is 0.335 e.